The molecule has 0 unspecified atom stereocenters. The Hall–Kier alpha value is -2.26. The van der Waals surface area contributed by atoms with Gasteiger partial charge in [0.25, 0.3) is 18.3 Å². The van der Waals surface area contributed by atoms with Crippen molar-refractivity contribution in [1.29, 1.82) is 0 Å². The van der Waals surface area contributed by atoms with E-state index in [2.05, 4.69) is 10.1 Å². The van der Waals surface area contributed by atoms with Crippen molar-refractivity contribution in [1.82, 2.24) is 10.2 Å². The standard InChI is InChI=1S/C20H30N2O7/c1-15-12-18(24)22(20(15)26)13-16-2-4-17(5-3-16)19(25)21-6-7-27-8-9-28-10-11-29-14-23/h12,14,16-17H,2-11,13H2,1H3,(H,21,25). The second kappa shape index (κ2) is 12.3. The number of carbonyl (C=O) groups excluding carboxylic acids is 4. The Kier molecular flexibility index (Phi) is 9.79. The molecule has 0 aromatic heterocycles. The largest absolute Gasteiger partial charge is 0.465 e. The minimum Gasteiger partial charge on any atom is -0.465 e. The summed E-state index contributed by atoms with van der Waals surface area (Å²) in [6.45, 7) is 4.68. The summed E-state index contributed by atoms with van der Waals surface area (Å²) in [6.07, 6.45) is 4.57. The average Bonchev–Trinajstić information content (AvgIpc) is 2.96. The molecule has 162 valence electrons. The number of hydrogen-bond donors (Lipinski definition) is 1. The first-order chi connectivity index (χ1) is 14.0. The number of hydrogen-bond acceptors (Lipinski definition) is 7. The maximum atomic E-state index is 12.3. The number of carbonyl (C=O) groups is 4. The summed E-state index contributed by atoms with van der Waals surface area (Å²) >= 11 is 0. The lowest BCUT2D eigenvalue weighted by Gasteiger charge is -2.30. The fraction of sp³-hybridized carbons (Fsp3) is 0.700. The summed E-state index contributed by atoms with van der Waals surface area (Å²) in [4.78, 5) is 47.3. The average molecular weight is 410 g/mol. The van der Waals surface area contributed by atoms with Gasteiger partial charge in [0.15, 0.2) is 0 Å². The van der Waals surface area contributed by atoms with Crippen LogP contribution in [0.15, 0.2) is 11.6 Å². The van der Waals surface area contributed by atoms with Gasteiger partial charge in [0.1, 0.15) is 6.61 Å². The quantitative estimate of drug-likeness (QED) is 0.266. The van der Waals surface area contributed by atoms with Crippen molar-refractivity contribution in [2.24, 2.45) is 11.8 Å². The normalized spacial score (nSPS) is 21.8. The van der Waals surface area contributed by atoms with E-state index in [9.17, 15) is 19.2 Å². The predicted molar refractivity (Wildman–Crippen MR) is 103 cm³/mol. The first-order valence-corrected chi connectivity index (χ1v) is 10.1. The molecular formula is C20H30N2O7. The summed E-state index contributed by atoms with van der Waals surface area (Å²) in [5.41, 5.74) is 0.490. The van der Waals surface area contributed by atoms with Crippen LogP contribution >= 0.6 is 0 Å². The third-order valence-electron chi connectivity index (χ3n) is 5.18. The fourth-order valence-electron chi connectivity index (χ4n) is 3.54. The zero-order valence-electron chi connectivity index (χ0n) is 16.9. The summed E-state index contributed by atoms with van der Waals surface area (Å²) in [5.74, 6) is -0.175. The molecule has 1 N–H and O–H groups in total. The van der Waals surface area contributed by atoms with Crippen LogP contribution in [-0.2, 0) is 33.4 Å². The Bertz CT molecular complexity index is 612. The maximum absolute atomic E-state index is 12.3. The van der Waals surface area contributed by atoms with Gasteiger partial charge in [-0.1, -0.05) is 0 Å². The first kappa shape index (κ1) is 23.0. The van der Waals surface area contributed by atoms with E-state index in [0.717, 1.165) is 25.7 Å². The van der Waals surface area contributed by atoms with Crippen molar-refractivity contribution in [2.45, 2.75) is 32.6 Å². The molecule has 0 bridgehead atoms. The van der Waals surface area contributed by atoms with Crippen molar-refractivity contribution in [3.8, 4) is 0 Å². The van der Waals surface area contributed by atoms with Gasteiger partial charge in [-0.15, -0.1) is 0 Å². The van der Waals surface area contributed by atoms with Crippen LogP contribution in [-0.4, -0.2) is 75.2 Å². The number of rotatable bonds is 13. The molecule has 0 radical (unpaired) electrons. The van der Waals surface area contributed by atoms with Crippen LogP contribution < -0.4 is 5.32 Å². The molecule has 3 amide bonds. The molecule has 0 saturated heterocycles. The van der Waals surface area contributed by atoms with Crippen molar-refractivity contribution in [2.75, 3.05) is 46.1 Å². The Morgan fingerprint density at radius 1 is 1.10 bits per heavy atom. The van der Waals surface area contributed by atoms with Gasteiger partial charge in [-0.3, -0.25) is 24.1 Å². The SMILES string of the molecule is CC1=CC(=O)N(CC2CCC(C(=O)NCCOCCOCCOC=O)CC2)C1=O. The molecule has 9 heteroatoms. The highest BCUT2D eigenvalue weighted by Gasteiger charge is 2.33. The molecule has 29 heavy (non-hydrogen) atoms. The molecule has 2 aliphatic rings. The van der Waals surface area contributed by atoms with E-state index in [0.29, 0.717) is 51.6 Å². The van der Waals surface area contributed by atoms with Gasteiger partial charge in [0.2, 0.25) is 5.91 Å². The second-order valence-electron chi connectivity index (χ2n) is 7.28. The lowest BCUT2D eigenvalue weighted by atomic mass is 9.81. The van der Waals surface area contributed by atoms with Gasteiger partial charge < -0.3 is 19.5 Å². The number of ether oxygens (including phenoxy) is 3. The van der Waals surface area contributed by atoms with Crippen LogP contribution in [0.3, 0.4) is 0 Å². The molecule has 1 fully saturated rings. The van der Waals surface area contributed by atoms with Crippen molar-refractivity contribution in [3.05, 3.63) is 11.6 Å². The molecule has 1 aliphatic carbocycles. The molecule has 0 aromatic rings. The molecule has 0 aromatic carbocycles. The van der Waals surface area contributed by atoms with Gasteiger partial charge in [-0.05, 0) is 38.5 Å². The van der Waals surface area contributed by atoms with Crippen LogP contribution in [0, 0.1) is 11.8 Å². The minimum absolute atomic E-state index is 0.0279. The zero-order chi connectivity index (χ0) is 21.1. The molecular weight excluding hydrogens is 380 g/mol. The van der Waals surface area contributed by atoms with E-state index in [-0.39, 0.29) is 36.2 Å². The fourth-order valence-corrected chi connectivity index (χ4v) is 3.54. The molecule has 0 spiro atoms. The molecule has 0 atom stereocenters. The number of amides is 3. The Morgan fingerprint density at radius 3 is 2.38 bits per heavy atom. The number of nitrogens with one attached hydrogen (secondary N) is 1. The van der Waals surface area contributed by atoms with E-state index in [1.165, 1.54) is 11.0 Å². The van der Waals surface area contributed by atoms with E-state index >= 15 is 0 Å². The van der Waals surface area contributed by atoms with E-state index < -0.39 is 0 Å². The molecule has 2 rings (SSSR count). The molecule has 1 aliphatic heterocycles. The van der Waals surface area contributed by atoms with Gasteiger partial charge in [0, 0.05) is 30.7 Å². The number of nitrogens with zero attached hydrogens (tertiary/aromatic N) is 1. The summed E-state index contributed by atoms with van der Waals surface area (Å²) in [7, 11) is 0. The lowest BCUT2D eigenvalue weighted by molar-refractivity contribution is -0.138. The highest BCUT2D eigenvalue weighted by atomic mass is 16.6. The summed E-state index contributed by atoms with van der Waals surface area (Å²) in [6, 6.07) is 0. The predicted octanol–water partition coefficient (Wildman–Crippen LogP) is 0.430. The third-order valence-corrected chi connectivity index (χ3v) is 5.18. The minimum atomic E-state index is -0.230. The zero-order valence-corrected chi connectivity index (χ0v) is 16.9. The Morgan fingerprint density at radius 2 is 1.76 bits per heavy atom. The summed E-state index contributed by atoms with van der Waals surface area (Å²) < 4.78 is 15.1. The molecule has 1 saturated carbocycles. The maximum Gasteiger partial charge on any atom is 0.293 e. The Labute approximate surface area is 170 Å². The van der Waals surface area contributed by atoms with Crippen LogP contribution in [0.1, 0.15) is 32.6 Å². The van der Waals surface area contributed by atoms with E-state index in [1.807, 2.05) is 0 Å². The van der Waals surface area contributed by atoms with E-state index in [1.54, 1.807) is 6.92 Å². The van der Waals surface area contributed by atoms with Crippen LogP contribution in [0.25, 0.3) is 0 Å². The molecule has 9 nitrogen and oxygen atoms in total. The van der Waals surface area contributed by atoms with E-state index in [4.69, 9.17) is 9.47 Å². The summed E-state index contributed by atoms with van der Waals surface area (Å²) in [5, 5.41) is 2.89. The highest BCUT2D eigenvalue weighted by molar-refractivity contribution is 6.15. The van der Waals surface area contributed by atoms with Crippen molar-refractivity contribution < 1.29 is 33.4 Å². The van der Waals surface area contributed by atoms with Crippen molar-refractivity contribution >= 4 is 24.2 Å². The number of imide groups is 1. The second-order valence-corrected chi connectivity index (χ2v) is 7.28. The smallest absolute Gasteiger partial charge is 0.293 e. The van der Waals surface area contributed by atoms with Crippen LogP contribution in [0.2, 0.25) is 0 Å². The van der Waals surface area contributed by atoms with Crippen molar-refractivity contribution in [3.63, 3.8) is 0 Å². The van der Waals surface area contributed by atoms with Gasteiger partial charge >= 0.3 is 0 Å². The van der Waals surface area contributed by atoms with Gasteiger partial charge in [0.05, 0.1) is 26.4 Å². The highest BCUT2D eigenvalue weighted by Crippen LogP contribution is 2.30. The van der Waals surface area contributed by atoms with Crippen LogP contribution in [0.4, 0.5) is 0 Å². The Balaban J connectivity index is 1.51. The first-order valence-electron chi connectivity index (χ1n) is 10.1. The molecule has 1 heterocycles. The van der Waals surface area contributed by atoms with Gasteiger partial charge in [-0.2, -0.15) is 0 Å². The monoisotopic (exact) mass is 410 g/mol. The van der Waals surface area contributed by atoms with Crippen LogP contribution in [0.5, 0.6) is 0 Å². The third kappa shape index (κ3) is 7.58. The van der Waals surface area contributed by atoms with Gasteiger partial charge in [-0.25, -0.2) is 0 Å². The topological polar surface area (TPSA) is 111 Å². The lowest BCUT2D eigenvalue weighted by Crippen LogP contribution is -2.39.